The van der Waals surface area contributed by atoms with E-state index in [0.717, 1.165) is 19.3 Å². The largest absolute Gasteiger partial charge is 0.107 e. The van der Waals surface area contributed by atoms with Crippen LogP contribution in [0, 0.1) is 23.7 Å². The second kappa shape index (κ2) is 7.12. The molecule has 0 heteroatoms. The molecule has 48 valence electrons. The molecule has 0 atom stereocenters. The maximum absolute atomic E-state index is 3.02. The molecule has 0 saturated heterocycles. The van der Waals surface area contributed by atoms with Crippen molar-refractivity contribution < 1.29 is 0 Å². The third kappa shape index (κ3) is 7.12. The quantitative estimate of drug-likeness (QED) is 0.367. The molecule has 0 aliphatic carbocycles. The zero-order chi connectivity index (χ0) is 6.95. The van der Waals surface area contributed by atoms with E-state index in [2.05, 4.69) is 30.6 Å². The summed E-state index contributed by atoms with van der Waals surface area (Å²) in [5.74, 6) is 11.8. The molecule has 9 heavy (non-hydrogen) atoms. The second-order valence-corrected chi connectivity index (χ2v) is 1.63. The van der Waals surface area contributed by atoms with Crippen molar-refractivity contribution >= 4 is 0 Å². The summed E-state index contributed by atoms with van der Waals surface area (Å²) in [7, 11) is 0. The number of hydrogen-bond acceptors (Lipinski definition) is 0. The van der Waals surface area contributed by atoms with Crippen molar-refractivity contribution in [1.82, 2.24) is 0 Å². The van der Waals surface area contributed by atoms with Gasteiger partial charge in [0.2, 0.25) is 0 Å². The van der Waals surface area contributed by atoms with Crippen LogP contribution >= 0.6 is 0 Å². The lowest BCUT2D eigenvalue weighted by Gasteiger charge is -1.76. The van der Waals surface area contributed by atoms with E-state index in [0.29, 0.717) is 0 Å². The lowest BCUT2D eigenvalue weighted by Crippen LogP contribution is -1.64. The summed E-state index contributed by atoms with van der Waals surface area (Å²) in [6.45, 7) is 3.91. The Kier molecular flexibility index (Phi) is 6.42. The fourth-order valence-electron chi connectivity index (χ4n) is 0.463. The molecule has 0 saturated carbocycles. The predicted octanol–water partition coefficient (Wildman–Crippen LogP) is 2.20. The van der Waals surface area contributed by atoms with E-state index >= 15 is 0 Å². The summed E-state index contributed by atoms with van der Waals surface area (Å²) in [4.78, 5) is 0. The van der Waals surface area contributed by atoms with Crippen LogP contribution < -0.4 is 0 Å². The summed E-state index contributed by atoms with van der Waals surface area (Å²) < 4.78 is 0. The molecule has 0 N–H and O–H groups in total. The van der Waals surface area contributed by atoms with Gasteiger partial charge >= 0.3 is 0 Å². The van der Waals surface area contributed by atoms with Crippen LogP contribution in [0.15, 0.2) is 0 Å². The van der Waals surface area contributed by atoms with E-state index in [-0.39, 0.29) is 0 Å². The van der Waals surface area contributed by atoms with E-state index in [1.54, 1.807) is 0 Å². The van der Waals surface area contributed by atoms with Crippen molar-refractivity contribution in [1.29, 1.82) is 0 Å². The molecular formula is C9H12. The van der Waals surface area contributed by atoms with Crippen molar-refractivity contribution in [3.05, 3.63) is 0 Å². The molecule has 0 spiro atoms. The first kappa shape index (κ1) is 8.12. The van der Waals surface area contributed by atoms with Crippen molar-refractivity contribution in [2.75, 3.05) is 0 Å². The molecule has 0 aliphatic heterocycles. The first-order valence-corrected chi connectivity index (χ1v) is 3.27. The molecule has 0 rings (SSSR count). The number of unbranched alkanes of at least 4 members (excludes halogenated alkanes) is 1. The van der Waals surface area contributed by atoms with Gasteiger partial charge in [0.1, 0.15) is 0 Å². The summed E-state index contributed by atoms with van der Waals surface area (Å²) in [6.07, 6.45) is 2.80. The normalized spacial score (nSPS) is 6.44. The van der Waals surface area contributed by atoms with Crippen LogP contribution in [0.5, 0.6) is 0 Å². The minimum absolute atomic E-state index is 0.920. The Morgan fingerprint density at radius 2 is 1.67 bits per heavy atom. The standard InChI is InChI=1S/C9H12/c1-3-5-7-9-8-6-4-2/h3,8-9H2,1-2H3. The maximum Gasteiger partial charge on any atom is 0.0198 e. The molecule has 0 radical (unpaired) electrons. The van der Waals surface area contributed by atoms with Gasteiger partial charge in [-0.25, -0.2) is 0 Å². The molecule has 0 heterocycles. The molecule has 0 unspecified atom stereocenters. The van der Waals surface area contributed by atoms with E-state index in [9.17, 15) is 0 Å². The molecule has 0 amide bonds. The highest BCUT2D eigenvalue weighted by atomic mass is 13.7. The fraction of sp³-hybridized carbons (Fsp3) is 0.556. The molecule has 0 aliphatic rings. The van der Waals surface area contributed by atoms with E-state index < -0.39 is 0 Å². The first-order valence-electron chi connectivity index (χ1n) is 3.27. The SMILES string of the molecule is CC#CCCC#CCC. The summed E-state index contributed by atoms with van der Waals surface area (Å²) in [5.41, 5.74) is 0. The van der Waals surface area contributed by atoms with Gasteiger partial charge in [-0.3, -0.25) is 0 Å². The van der Waals surface area contributed by atoms with Crippen LogP contribution in [0.25, 0.3) is 0 Å². The summed E-state index contributed by atoms with van der Waals surface area (Å²) in [5, 5.41) is 0. The average molecular weight is 120 g/mol. The van der Waals surface area contributed by atoms with Crippen LogP contribution in [0.1, 0.15) is 33.1 Å². The Morgan fingerprint density at radius 3 is 2.22 bits per heavy atom. The van der Waals surface area contributed by atoms with Gasteiger partial charge in [0.05, 0.1) is 0 Å². The van der Waals surface area contributed by atoms with Gasteiger partial charge in [-0.2, -0.15) is 0 Å². The van der Waals surface area contributed by atoms with Gasteiger partial charge < -0.3 is 0 Å². The molecule has 0 aromatic carbocycles. The van der Waals surface area contributed by atoms with Gasteiger partial charge in [0.15, 0.2) is 0 Å². The summed E-state index contributed by atoms with van der Waals surface area (Å²) >= 11 is 0. The highest BCUT2D eigenvalue weighted by Gasteiger charge is 1.70. The minimum atomic E-state index is 0.920. The highest BCUT2D eigenvalue weighted by molar-refractivity contribution is 5.03. The van der Waals surface area contributed by atoms with E-state index in [1.165, 1.54) is 0 Å². The van der Waals surface area contributed by atoms with Gasteiger partial charge in [-0.1, -0.05) is 6.92 Å². The third-order valence-electron chi connectivity index (χ3n) is 0.854. The fourth-order valence-corrected chi connectivity index (χ4v) is 0.463. The van der Waals surface area contributed by atoms with Crippen molar-refractivity contribution in [3.63, 3.8) is 0 Å². The van der Waals surface area contributed by atoms with Gasteiger partial charge in [0, 0.05) is 19.3 Å². The topological polar surface area (TPSA) is 0 Å². The third-order valence-corrected chi connectivity index (χ3v) is 0.854. The molecule has 0 nitrogen and oxygen atoms in total. The minimum Gasteiger partial charge on any atom is -0.107 e. The van der Waals surface area contributed by atoms with E-state index in [4.69, 9.17) is 0 Å². The van der Waals surface area contributed by atoms with Crippen molar-refractivity contribution in [2.24, 2.45) is 0 Å². The Hall–Kier alpha value is -0.880. The predicted molar refractivity (Wildman–Crippen MR) is 40.8 cm³/mol. The van der Waals surface area contributed by atoms with Crippen LogP contribution in [0.4, 0.5) is 0 Å². The smallest absolute Gasteiger partial charge is 0.0198 e. The maximum atomic E-state index is 3.02. The Balaban J connectivity index is 3.15. The average Bonchev–Trinajstić information content (AvgIpc) is 1.89. The Morgan fingerprint density at radius 1 is 1.00 bits per heavy atom. The number of rotatable bonds is 1. The molecule has 0 aromatic rings. The first-order chi connectivity index (χ1) is 4.41. The monoisotopic (exact) mass is 120 g/mol. The molecule has 0 fully saturated rings. The lowest BCUT2D eigenvalue weighted by atomic mass is 10.3. The van der Waals surface area contributed by atoms with Crippen LogP contribution in [0.2, 0.25) is 0 Å². The highest BCUT2D eigenvalue weighted by Crippen LogP contribution is 1.82. The van der Waals surface area contributed by atoms with Crippen LogP contribution in [-0.4, -0.2) is 0 Å². The van der Waals surface area contributed by atoms with Gasteiger partial charge in [-0.05, 0) is 6.92 Å². The molecular weight excluding hydrogens is 108 g/mol. The Labute approximate surface area is 57.7 Å². The zero-order valence-corrected chi connectivity index (χ0v) is 6.12. The van der Waals surface area contributed by atoms with Crippen LogP contribution in [0.3, 0.4) is 0 Å². The number of hydrogen-bond donors (Lipinski definition) is 0. The van der Waals surface area contributed by atoms with E-state index in [1.807, 2.05) is 6.92 Å². The van der Waals surface area contributed by atoms with Crippen LogP contribution in [-0.2, 0) is 0 Å². The molecule has 0 bridgehead atoms. The lowest BCUT2D eigenvalue weighted by molar-refractivity contribution is 1.11. The second-order valence-electron chi connectivity index (χ2n) is 1.63. The zero-order valence-electron chi connectivity index (χ0n) is 6.12. The Bertz CT molecular complexity index is 156. The van der Waals surface area contributed by atoms with Crippen molar-refractivity contribution in [2.45, 2.75) is 33.1 Å². The molecule has 0 aromatic heterocycles. The summed E-state index contributed by atoms with van der Waals surface area (Å²) in [6, 6.07) is 0. The van der Waals surface area contributed by atoms with Crippen molar-refractivity contribution in [3.8, 4) is 23.7 Å². The van der Waals surface area contributed by atoms with Gasteiger partial charge in [0.25, 0.3) is 0 Å². The van der Waals surface area contributed by atoms with Gasteiger partial charge in [-0.15, -0.1) is 23.7 Å².